The first-order chi connectivity index (χ1) is 31.2. The van der Waals surface area contributed by atoms with Gasteiger partial charge in [0.1, 0.15) is 0 Å². The zero-order valence-corrected chi connectivity index (χ0v) is 43.6. The van der Waals surface area contributed by atoms with Crippen molar-refractivity contribution in [3.05, 3.63) is 0 Å². The molecular weight excluding hydrogens is 771 g/mol. The van der Waals surface area contributed by atoms with Gasteiger partial charge in [0.15, 0.2) is 0 Å². The first-order valence-electron chi connectivity index (χ1n) is 29.7. The topological polar surface area (TPSA) is 69.6 Å². The zero-order valence-electron chi connectivity index (χ0n) is 43.6. The van der Waals surface area contributed by atoms with Gasteiger partial charge in [-0.1, -0.05) is 335 Å². The number of carbonyl (C=O) groups is 1. The van der Waals surface area contributed by atoms with E-state index < -0.39 is 12.1 Å². The molecule has 0 bridgehead atoms. The molecule has 0 aliphatic rings. The van der Waals surface area contributed by atoms with Crippen LogP contribution in [-0.2, 0) is 4.79 Å². The lowest BCUT2D eigenvalue weighted by atomic mass is 10.0. The SMILES string of the molecule is CCCCCCCCCCCCCCCCCCCCCCCCCCCCCCCCCCC(=O)NC(CO)C(O)CCCCCCCCCCCCCCCCCCCCC. The summed E-state index contributed by atoms with van der Waals surface area (Å²) in [6.07, 6.45) is 71.1. The molecule has 0 fully saturated rings. The lowest BCUT2D eigenvalue weighted by molar-refractivity contribution is -0.123. The van der Waals surface area contributed by atoms with Gasteiger partial charge >= 0.3 is 0 Å². The maximum atomic E-state index is 12.5. The van der Waals surface area contributed by atoms with E-state index in [1.807, 2.05) is 0 Å². The van der Waals surface area contributed by atoms with Crippen LogP contribution in [0.5, 0.6) is 0 Å². The molecular formula is C59H119NO3. The molecule has 0 radical (unpaired) electrons. The van der Waals surface area contributed by atoms with Gasteiger partial charge in [-0.3, -0.25) is 4.79 Å². The molecule has 378 valence electrons. The van der Waals surface area contributed by atoms with Crippen LogP contribution >= 0.6 is 0 Å². The molecule has 0 saturated heterocycles. The van der Waals surface area contributed by atoms with Crippen molar-refractivity contribution in [2.75, 3.05) is 6.61 Å². The van der Waals surface area contributed by atoms with Crippen LogP contribution in [-0.4, -0.2) is 34.9 Å². The summed E-state index contributed by atoms with van der Waals surface area (Å²) >= 11 is 0. The van der Waals surface area contributed by atoms with Gasteiger partial charge in [0, 0.05) is 6.42 Å². The summed E-state index contributed by atoms with van der Waals surface area (Å²) in [5, 5.41) is 23.3. The second-order valence-corrected chi connectivity index (χ2v) is 20.8. The molecule has 0 aromatic heterocycles. The Morgan fingerprint density at radius 1 is 0.317 bits per heavy atom. The van der Waals surface area contributed by atoms with E-state index in [1.165, 1.54) is 302 Å². The van der Waals surface area contributed by atoms with Gasteiger partial charge in [-0.15, -0.1) is 0 Å². The Morgan fingerprint density at radius 2 is 0.508 bits per heavy atom. The Bertz CT molecular complexity index is 834. The Hall–Kier alpha value is -0.610. The summed E-state index contributed by atoms with van der Waals surface area (Å²) in [5.74, 6) is -0.0214. The van der Waals surface area contributed by atoms with Gasteiger partial charge in [-0.25, -0.2) is 0 Å². The van der Waals surface area contributed by atoms with Crippen LogP contribution in [0, 0.1) is 0 Å². The largest absolute Gasteiger partial charge is 0.394 e. The molecule has 1 amide bonds. The second-order valence-electron chi connectivity index (χ2n) is 20.8. The summed E-state index contributed by atoms with van der Waals surface area (Å²) < 4.78 is 0. The van der Waals surface area contributed by atoms with E-state index in [-0.39, 0.29) is 12.5 Å². The summed E-state index contributed by atoms with van der Waals surface area (Å²) in [5.41, 5.74) is 0. The van der Waals surface area contributed by atoms with Gasteiger partial charge in [0.05, 0.1) is 18.8 Å². The highest BCUT2D eigenvalue weighted by Crippen LogP contribution is 2.19. The van der Waals surface area contributed by atoms with E-state index in [4.69, 9.17) is 0 Å². The van der Waals surface area contributed by atoms with Crippen molar-refractivity contribution in [2.24, 2.45) is 0 Å². The highest BCUT2D eigenvalue weighted by Gasteiger charge is 2.20. The fourth-order valence-corrected chi connectivity index (χ4v) is 9.84. The molecule has 0 aliphatic carbocycles. The maximum absolute atomic E-state index is 12.5. The van der Waals surface area contributed by atoms with Gasteiger partial charge in [0.2, 0.25) is 5.91 Å². The molecule has 4 heteroatoms. The van der Waals surface area contributed by atoms with Crippen LogP contribution in [0.1, 0.15) is 354 Å². The predicted octanol–water partition coefficient (Wildman–Crippen LogP) is 19.5. The van der Waals surface area contributed by atoms with Crippen molar-refractivity contribution >= 4 is 5.91 Å². The van der Waals surface area contributed by atoms with Gasteiger partial charge in [0.25, 0.3) is 0 Å². The highest BCUT2D eigenvalue weighted by atomic mass is 16.3. The number of carbonyl (C=O) groups excluding carboxylic acids is 1. The molecule has 2 unspecified atom stereocenters. The molecule has 0 rings (SSSR count). The molecule has 0 heterocycles. The van der Waals surface area contributed by atoms with Gasteiger partial charge in [-0.05, 0) is 12.8 Å². The molecule has 0 aromatic rings. The predicted molar refractivity (Wildman–Crippen MR) is 281 cm³/mol. The standard InChI is InChI=1S/C59H119NO3/c1-3-5-7-9-11-13-15-17-19-21-23-24-25-26-27-28-29-30-31-32-33-34-35-37-39-41-43-45-47-49-51-53-55-59(63)60-57(56-61)58(62)54-52-50-48-46-44-42-40-38-36-22-20-18-16-14-12-10-8-6-4-2/h57-58,61-62H,3-56H2,1-2H3,(H,60,63). The van der Waals surface area contributed by atoms with Crippen molar-refractivity contribution in [3.8, 4) is 0 Å². The number of aliphatic hydroxyl groups excluding tert-OH is 2. The average molecular weight is 891 g/mol. The van der Waals surface area contributed by atoms with Crippen molar-refractivity contribution in [1.82, 2.24) is 5.32 Å². The maximum Gasteiger partial charge on any atom is 0.220 e. The van der Waals surface area contributed by atoms with Crippen LogP contribution in [0.3, 0.4) is 0 Å². The Morgan fingerprint density at radius 3 is 0.714 bits per heavy atom. The van der Waals surface area contributed by atoms with E-state index in [1.54, 1.807) is 0 Å². The first-order valence-corrected chi connectivity index (χ1v) is 29.7. The molecule has 0 aliphatic heterocycles. The monoisotopic (exact) mass is 890 g/mol. The molecule has 63 heavy (non-hydrogen) atoms. The second kappa shape index (κ2) is 55.7. The number of unbranched alkanes of at least 4 members (excludes halogenated alkanes) is 49. The number of nitrogens with one attached hydrogen (secondary N) is 1. The summed E-state index contributed by atoms with van der Waals surface area (Å²) in [6.45, 7) is 4.41. The van der Waals surface area contributed by atoms with Crippen LogP contribution in [0.4, 0.5) is 0 Å². The van der Waals surface area contributed by atoms with Gasteiger partial charge < -0.3 is 15.5 Å². The Kier molecular flexibility index (Phi) is 55.2. The minimum absolute atomic E-state index is 0.0214. The zero-order chi connectivity index (χ0) is 45.6. The summed E-state index contributed by atoms with van der Waals surface area (Å²) in [7, 11) is 0. The van der Waals surface area contributed by atoms with E-state index in [0.717, 1.165) is 25.7 Å². The van der Waals surface area contributed by atoms with Gasteiger partial charge in [-0.2, -0.15) is 0 Å². The lowest BCUT2D eigenvalue weighted by Crippen LogP contribution is -2.45. The van der Waals surface area contributed by atoms with E-state index in [9.17, 15) is 15.0 Å². The fraction of sp³-hybridized carbons (Fsp3) is 0.983. The van der Waals surface area contributed by atoms with E-state index >= 15 is 0 Å². The van der Waals surface area contributed by atoms with Crippen LogP contribution in [0.2, 0.25) is 0 Å². The number of aliphatic hydroxyl groups is 2. The summed E-state index contributed by atoms with van der Waals surface area (Å²) in [6, 6.07) is -0.531. The van der Waals surface area contributed by atoms with E-state index in [0.29, 0.717) is 12.8 Å². The quantitative estimate of drug-likeness (QED) is 0.0533. The van der Waals surface area contributed by atoms with Crippen molar-refractivity contribution < 1.29 is 15.0 Å². The Balaban J connectivity index is 3.36. The number of hydrogen-bond donors (Lipinski definition) is 3. The highest BCUT2D eigenvalue weighted by molar-refractivity contribution is 5.76. The third kappa shape index (κ3) is 52.2. The smallest absolute Gasteiger partial charge is 0.220 e. The van der Waals surface area contributed by atoms with Crippen LogP contribution in [0.15, 0.2) is 0 Å². The summed E-state index contributed by atoms with van der Waals surface area (Å²) in [4.78, 5) is 12.5. The lowest BCUT2D eigenvalue weighted by Gasteiger charge is -2.22. The number of hydrogen-bond acceptors (Lipinski definition) is 3. The number of rotatable bonds is 56. The molecule has 2 atom stereocenters. The fourth-order valence-electron chi connectivity index (χ4n) is 9.84. The van der Waals surface area contributed by atoms with Crippen molar-refractivity contribution in [3.63, 3.8) is 0 Å². The molecule has 0 saturated carbocycles. The minimum atomic E-state index is -0.655. The first kappa shape index (κ1) is 62.4. The minimum Gasteiger partial charge on any atom is -0.394 e. The van der Waals surface area contributed by atoms with Crippen LogP contribution in [0.25, 0.3) is 0 Å². The number of amides is 1. The third-order valence-electron chi connectivity index (χ3n) is 14.4. The molecule has 0 spiro atoms. The normalized spacial score (nSPS) is 12.6. The van der Waals surface area contributed by atoms with Crippen molar-refractivity contribution in [1.29, 1.82) is 0 Å². The Labute approximate surface area is 397 Å². The van der Waals surface area contributed by atoms with Crippen LogP contribution < -0.4 is 5.32 Å². The molecule has 4 nitrogen and oxygen atoms in total. The van der Waals surface area contributed by atoms with Crippen molar-refractivity contribution in [2.45, 2.75) is 366 Å². The molecule has 3 N–H and O–H groups in total. The average Bonchev–Trinajstić information content (AvgIpc) is 3.29. The van der Waals surface area contributed by atoms with E-state index in [2.05, 4.69) is 19.2 Å². The third-order valence-corrected chi connectivity index (χ3v) is 14.4. The molecule has 0 aromatic carbocycles.